The number of hydrogen-bond donors (Lipinski definition) is 0. The minimum Gasteiger partial charge on any atom is -0.439 e. The van der Waals surface area contributed by atoms with Crippen LogP contribution in [0.25, 0.3) is 11.3 Å². The van der Waals surface area contributed by atoms with Gasteiger partial charge in [-0.25, -0.2) is 4.98 Å². The predicted molar refractivity (Wildman–Crippen MR) is 85.3 cm³/mol. The molecular formula is C17H21ClN2O. The van der Waals surface area contributed by atoms with Crippen molar-refractivity contribution in [3.8, 4) is 11.3 Å². The van der Waals surface area contributed by atoms with E-state index in [0.717, 1.165) is 28.8 Å². The molecule has 21 heavy (non-hydrogen) atoms. The molecule has 112 valence electrons. The van der Waals surface area contributed by atoms with E-state index >= 15 is 0 Å². The van der Waals surface area contributed by atoms with Gasteiger partial charge in [0.15, 0.2) is 5.76 Å². The molecule has 0 N–H and O–H groups in total. The largest absolute Gasteiger partial charge is 0.439 e. The van der Waals surface area contributed by atoms with Gasteiger partial charge in [0.25, 0.3) is 0 Å². The van der Waals surface area contributed by atoms with E-state index in [1.54, 1.807) is 6.20 Å². The van der Waals surface area contributed by atoms with Crippen LogP contribution in [0.2, 0.25) is 5.02 Å². The summed E-state index contributed by atoms with van der Waals surface area (Å²) < 4.78 is 5.88. The van der Waals surface area contributed by atoms with E-state index in [-0.39, 0.29) is 0 Å². The molecule has 1 aliphatic carbocycles. The lowest BCUT2D eigenvalue weighted by atomic mass is 9.94. The summed E-state index contributed by atoms with van der Waals surface area (Å²) in [7, 11) is 2.17. The maximum atomic E-state index is 5.91. The van der Waals surface area contributed by atoms with Crippen molar-refractivity contribution in [2.75, 3.05) is 7.05 Å². The van der Waals surface area contributed by atoms with E-state index in [2.05, 4.69) is 16.9 Å². The lowest BCUT2D eigenvalue weighted by Gasteiger charge is -2.30. The third-order valence-corrected chi connectivity index (χ3v) is 4.52. The number of oxazole rings is 1. The van der Waals surface area contributed by atoms with E-state index < -0.39 is 0 Å². The van der Waals surface area contributed by atoms with E-state index in [0.29, 0.717) is 6.04 Å². The van der Waals surface area contributed by atoms with Crippen molar-refractivity contribution in [1.82, 2.24) is 9.88 Å². The second kappa shape index (κ2) is 6.63. The highest BCUT2D eigenvalue weighted by atomic mass is 35.5. The first-order valence-electron chi connectivity index (χ1n) is 7.63. The maximum absolute atomic E-state index is 5.91. The van der Waals surface area contributed by atoms with Crippen LogP contribution in [0.4, 0.5) is 0 Å². The molecule has 1 aromatic heterocycles. The number of halogens is 1. The number of hydrogen-bond acceptors (Lipinski definition) is 3. The molecule has 1 aromatic carbocycles. The lowest BCUT2D eigenvalue weighted by Crippen LogP contribution is -2.32. The van der Waals surface area contributed by atoms with Gasteiger partial charge in [-0.2, -0.15) is 0 Å². The fraction of sp³-hybridized carbons (Fsp3) is 0.471. The number of nitrogens with zero attached hydrogens (tertiary/aromatic N) is 2. The van der Waals surface area contributed by atoms with Gasteiger partial charge in [0.2, 0.25) is 5.89 Å². The second-order valence-electron chi connectivity index (χ2n) is 5.83. The van der Waals surface area contributed by atoms with Crippen LogP contribution in [0.3, 0.4) is 0 Å². The fourth-order valence-electron chi connectivity index (χ4n) is 3.00. The Balaban J connectivity index is 1.65. The number of aromatic nitrogens is 1. The Labute approximate surface area is 130 Å². The van der Waals surface area contributed by atoms with Crippen molar-refractivity contribution >= 4 is 11.6 Å². The molecule has 0 atom stereocenters. The van der Waals surface area contributed by atoms with Crippen LogP contribution in [-0.2, 0) is 6.54 Å². The van der Waals surface area contributed by atoms with Crippen LogP contribution in [0, 0.1) is 0 Å². The molecule has 1 heterocycles. The molecule has 1 aliphatic rings. The van der Waals surface area contributed by atoms with E-state index in [1.807, 2.05) is 24.3 Å². The van der Waals surface area contributed by atoms with Crippen LogP contribution in [-0.4, -0.2) is 23.0 Å². The number of benzene rings is 1. The monoisotopic (exact) mass is 304 g/mol. The zero-order chi connectivity index (χ0) is 14.7. The second-order valence-corrected chi connectivity index (χ2v) is 6.27. The minimum absolute atomic E-state index is 0.671. The summed E-state index contributed by atoms with van der Waals surface area (Å²) in [6, 6.07) is 8.32. The third kappa shape index (κ3) is 3.66. The van der Waals surface area contributed by atoms with Gasteiger partial charge < -0.3 is 4.42 Å². The van der Waals surface area contributed by atoms with Gasteiger partial charge in [0.05, 0.1) is 12.7 Å². The van der Waals surface area contributed by atoms with E-state index in [9.17, 15) is 0 Å². The van der Waals surface area contributed by atoms with Crippen molar-refractivity contribution in [3.63, 3.8) is 0 Å². The molecule has 3 rings (SSSR count). The summed E-state index contributed by atoms with van der Waals surface area (Å²) in [5.74, 6) is 1.59. The molecular weight excluding hydrogens is 284 g/mol. The summed E-state index contributed by atoms with van der Waals surface area (Å²) in [4.78, 5) is 6.78. The Morgan fingerprint density at radius 2 is 1.90 bits per heavy atom. The lowest BCUT2D eigenvalue weighted by molar-refractivity contribution is 0.170. The Morgan fingerprint density at radius 1 is 1.19 bits per heavy atom. The topological polar surface area (TPSA) is 29.3 Å². The van der Waals surface area contributed by atoms with E-state index in [4.69, 9.17) is 16.0 Å². The summed E-state index contributed by atoms with van der Waals surface area (Å²) in [5.41, 5.74) is 1.01. The maximum Gasteiger partial charge on any atom is 0.209 e. The van der Waals surface area contributed by atoms with Gasteiger partial charge in [0, 0.05) is 16.6 Å². The average Bonchev–Trinajstić information content (AvgIpc) is 2.97. The Morgan fingerprint density at radius 3 is 2.62 bits per heavy atom. The average molecular weight is 305 g/mol. The van der Waals surface area contributed by atoms with Crippen molar-refractivity contribution in [1.29, 1.82) is 0 Å². The van der Waals surface area contributed by atoms with Gasteiger partial charge in [-0.15, -0.1) is 0 Å². The fourth-order valence-corrected chi connectivity index (χ4v) is 3.12. The van der Waals surface area contributed by atoms with Gasteiger partial charge in [-0.05, 0) is 44.2 Å². The summed E-state index contributed by atoms with van der Waals surface area (Å²) >= 11 is 5.91. The highest BCUT2D eigenvalue weighted by Gasteiger charge is 2.19. The van der Waals surface area contributed by atoms with Crippen LogP contribution in [0.1, 0.15) is 38.0 Å². The molecule has 2 aromatic rings. The Hall–Kier alpha value is -1.32. The smallest absolute Gasteiger partial charge is 0.209 e. The molecule has 3 nitrogen and oxygen atoms in total. The third-order valence-electron chi connectivity index (χ3n) is 4.27. The van der Waals surface area contributed by atoms with Crippen LogP contribution in [0.15, 0.2) is 34.9 Å². The van der Waals surface area contributed by atoms with Crippen molar-refractivity contribution in [2.24, 2.45) is 0 Å². The molecule has 0 amide bonds. The SMILES string of the molecule is CN(Cc1ncc(-c2ccc(Cl)cc2)o1)C1CCCCC1. The quantitative estimate of drug-likeness (QED) is 0.815. The first-order valence-corrected chi connectivity index (χ1v) is 8.01. The first-order chi connectivity index (χ1) is 10.2. The zero-order valence-corrected chi connectivity index (χ0v) is 13.1. The van der Waals surface area contributed by atoms with Crippen molar-refractivity contribution in [2.45, 2.75) is 44.7 Å². The normalized spacial score (nSPS) is 16.5. The van der Waals surface area contributed by atoms with E-state index in [1.165, 1.54) is 32.1 Å². The Bertz CT molecular complexity index is 573. The van der Waals surface area contributed by atoms with Crippen LogP contribution >= 0.6 is 11.6 Å². The molecule has 0 bridgehead atoms. The Kier molecular flexibility index (Phi) is 4.61. The predicted octanol–water partition coefficient (Wildman–Crippen LogP) is 4.76. The van der Waals surface area contributed by atoms with Gasteiger partial charge in [-0.3, -0.25) is 4.90 Å². The summed E-state index contributed by atoms with van der Waals surface area (Å²) in [6.45, 7) is 0.776. The highest BCUT2D eigenvalue weighted by molar-refractivity contribution is 6.30. The van der Waals surface area contributed by atoms with Gasteiger partial charge >= 0.3 is 0 Å². The molecule has 1 saturated carbocycles. The first kappa shape index (κ1) is 14.6. The molecule has 1 fully saturated rings. The van der Waals surface area contributed by atoms with Crippen molar-refractivity contribution < 1.29 is 4.42 Å². The molecule has 0 saturated heterocycles. The molecule has 4 heteroatoms. The highest BCUT2D eigenvalue weighted by Crippen LogP contribution is 2.25. The van der Waals surface area contributed by atoms with Crippen LogP contribution < -0.4 is 0 Å². The van der Waals surface area contributed by atoms with Gasteiger partial charge in [0.1, 0.15) is 0 Å². The van der Waals surface area contributed by atoms with Crippen LogP contribution in [0.5, 0.6) is 0 Å². The minimum atomic E-state index is 0.671. The molecule has 0 unspecified atom stereocenters. The van der Waals surface area contributed by atoms with Crippen molar-refractivity contribution in [3.05, 3.63) is 41.4 Å². The molecule has 0 spiro atoms. The zero-order valence-electron chi connectivity index (χ0n) is 12.4. The number of rotatable bonds is 4. The molecule has 0 aliphatic heterocycles. The summed E-state index contributed by atoms with van der Waals surface area (Å²) in [6.07, 6.45) is 8.45. The van der Waals surface area contributed by atoms with Gasteiger partial charge in [-0.1, -0.05) is 30.9 Å². The summed E-state index contributed by atoms with van der Waals surface area (Å²) in [5, 5.41) is 0.732. The molecule has 0 radical (unpaired) electrons. The standard InChI is InChI=1S/C17H21ClN2O/c1-20(15-5-3-2-4-6-15)12-17-19-11-16(21-17)13-7-9-14(18)10-8-13/h7-11,15H,2-6,12H2,1H3.